The Balaban J connectivity index is 4.24. The van der Waals surface area contributed by atoms with Gasteiger partial charge in [0.15, 0.2) is 6.10 Å². The maximum atomic E-state index is 12.9. The zero-order valence-corrected chi connectivity index (χ0v) is 49.6. The van der Waals surface area contributed by atoms with Crippen LogP contribution in [-0.4, -0.2) is 37.2 Å². The smallest absolute Gasteiger partial charge is 0.306 e. The molecule has 0 aromatic heterocycles. The van der Waals surface area contributed by atoms with E-state index in [1.54, 1.807) is 0 Å². The molecule has 6 nitrogen and oxygen atoms in total. The summed E-state index contributed by atoms with van der Waals surface area (Å²) in [6, 6.07) is 0. The van der Waals surface area contributed by atoms with Gasteiger partial charge in [0.25, 0.3) is 0 Å². The van der Waals surface area contributed by atoms with E-state index in [0.29, 0.717) is 19.3 Å². The van der Waals surface area contributed by atoms with E-state index in [1.807, 2.05) is 0 Å². The second-order valence-corrected chi connectivity index (χ2v) is 22.0. The van der Waals surface area contributed by atoms with Crippen LogP contribution in [-0.2, 0) is 28.6 Å². The SMILES string of the molecule is CCCCCCC/C=C\C/C=C\C/C=C\CCCCCCCCCCCCCCC(=O)OCC(COC(=O)CCCCCCC/C=C\CCCCCCC)OC(=O)CCCCCCCCCCCCCCCCC. The highest BCUT2D eigenvalue weighted by molar-refractivity contribution is 5.71. The molecule has 74 heavy (non-hydrogen) atoms. The van der Waals surface area contributed by atoms with Crippen molar-refractivity contribution in [1.82, 2.24) is 0 Å². The fourth-order valence-electron chi connectivity index (χ4n) is 9.62. The molecule has 0 spiro atoms. The predicted molar refractivity (Wildman–Crippen MR) is 321 cm³/mol. The van der Waals surface area contributed by atoms with Gasteiger partial charge in [-0.15, -0.1) is 0 Å². The van der Waals surface area contributed by atoms with Crippen LogP contribution in [0.15, 0.2) is 48.6 Å². The number of unbranched alkanes of at least 4 members (excludes halogenated alkanes) is 41. The average molecular weight is 1040 g/mol. The monoisotopic (exact) mass is 1040 g/mol. The Morgan fingerprint density at radius 1 is 0.270 bits per heavy atom. The first-order chi connectivity index (χ1) is 36.5. The first-order valence-electron chi connectivity index (χ1n) is 32.6. The Bertz CT molecular complexity index is 1280. The van der Waals surface area contributed by atoms with Crippen molar-refractivity contribution in [1.29, 1.82) is 0 Å². The third-order valence-corrected chi connectivity index (χ3v) is 14.6. The lowest BCUT2D eigenvalue weighted by Crippen LogP contribution is -2.30. The van der Waals surface area contributed by atoms with E-state index in [9.17, 15) is 14.4 Å². The first kappa shape index (κ1) is 71.4. The molecule has 0 aliphatic rings. The summed E-state index contributed by atoms with van der Waals surface area (Å²) in [4.78, 5) is 38.3. The van der Waals surface area contributed by atoms with E-state index in [2.05, 4.69) is 69.4 Å². The van der Waals surface area contributed by atoms with Crippen molar-refractivity contribution in [2.24, 2.45) is 0 Å². The van der Waals surface area contributed by atoms with E-state index in [1.165, 1.54) is 231 Å². The minimum absolute atomic E-state index is 0.0727. The number of rotatable bonds is 60. The minimum atomic E-state index is -0.775. The topological polar surface area (TPSA) is 78.9 Å². The van der Waals surface area contributed by atoms with E-state index >= 15 is 0 Å². The Kier molecular flexibility index (Phi) is 60.7. The number of ether oxygens (including phenoxy) is 3. The summed E-state index contributed by atoms with van der Waals surface area (Å²) in [5, 5.41) is 0. The second-order valence-electron chi connectivity index (χ2n) is 22.0. The van der Waals surface area contributed by atoms with Gasteiger partial charge in [0.05, 0.1) is 0 Å². The Hall–Kier alpha value is -2.63. The molecule has 0 aromatic carbocycles. The zero-order valence-electron chi connectivity index (χ0n) is 49.6. The van der Waals surface area contributed by atoms with Crippen molar-refractivity contribution in [3.8, 4) is 0 Å². The highest BCUT2D eigenvalue weighted by Gasteiger charge is 2.19. The fraction of sp³-hybridized carbons (Fsp3) is 0.838. The normalized spacial score (nSPS) is 12.3. The van der Waals surface area contributed by atoms with Crippen LogP contribution in [0, 0.1) is 0 Å². The van der Waals surface area contributed by atoms with Crippen molar-refractivity contribution in [3.63, 3.8) is 0 Å². The molecular formula is C68H124O6. The Morgan fingerprint density at radius 2 is 0.486 bits per heavy atom. The Labute approximate surface area is 460 Å². The quantitative estimate of drug-likeness (QED) is 0.0261. The largest absolute Gasteiger partial charge is 0.462 e. The van der Waals surface area contributed by atoms with Gasteiger partial charge in [-0.3, -0.25) is 14.4 Å². The van der Waals surface area contributed by atoms with Crippen LogP contribution < -0.4 is 0 Å². The second kappa shape index (κ2) is 62.9. The maximum absolute atomic E-state index is 12.9. The third kappa shape index (κ3) is 60.2. The van der Waals surface area contributed by atoms with Gasteiger partial charge < -0.3 is 14.2 Å². The van der Waals surface area contributed by atoms with Gasteiger partial charge in [-0.05, 0) is 83.5 Å². The highest BCUT2D eigenvalue weighted by Crippen LogP contribution is 2.17. The van der Waals surface area contributed by atoms with E-state index < -0.39 is 6.10 Å². The fourth-order valence-corrected chi connectivity index (χ4v) is 9.62. The molecule has 0 heterocycles. The van der Waals surface area contributed by atoms with Crippen molar-refractivity contribution in [2.75, 3.05) is 13.2 Å². The first-order valence-corrected chi connectivity index (χ1v) is 32.6. The molecule has 0 N–H and O–H groups in total. The summed E-state index contributed by atoms with van der Waals surface area (Å²) in [5.74, 6) is -0.862. The summed E-state index contributed by atoms with van der Waals surface area (Å²) >= 11 is 0. The van der Waals surface area contributed by atoms with Crippen molar-refractivity contribution < 1.29 is 28.6 Å². The average Bonchev–Trinajstić information content (AvgIpc) is 3.40. The number of esters is 3. The number of hydrogen-bond acceptors (Lipinski definition) is 6. The van der Waals surface area contributed by atoms with E-state index in [4.69, 9.17) is 14.2 Å². The van der Waals surface area contributed by atoms with Gasteiger partial charge in [-0.25, -0.2) is 0 Å². The van der Waals surface area contributed by atoms with Crippen LogP contribution in [0.2, 0.25) is 0 Å². The highest BCUT2D eigenvalue weighted by atomic mass is 16.6. The van der Waals surface area contributed by atoms with Crippen LogP contribution in [0.1, 0.15) is 348 Å². The molecule has 0 saturated carbocycles. The summed E-state index contributed by atoms with van der Waals surface area (Å²) in [6.07, 6.45) is 78.3. The van der Waals surface area contributed by atoms with Crippen LogP contribution >= 0.6 is 0 Å². The summed E-state index contributed by atoms with van der Waals surface area (Å²) in [5.41, 5.74) is 0. The number of carbonyl (C=O) groups excluding carboxylic acids is 3. The molecule has 0 bridgehead atoms. The standard InChI is InChI=1S/C68H124O6/c1-4-7-10-13-16-19-22-25-28-29-30-31-32-33-34-35-36-37-38-39-41-43-46-49-52-55-58-61-67(70)73-64-65(63-72-66(69)60-57-54-51-48-45-42-27-24-21-18-15-12-9-6-3)74-68(71)62-59-56-53-50-47-44-40-26-23-20-17-14-11-8-5-2/h22,24-25,27,29-30,32-33,65H,4-21,23,26,28,31,34-64H2,1-3H3/b25-22-,27-24-,30-29-,33-32-. The molecule has 0 fully saturated rings. The minimum Gasteiger partial charge on any atom is -0.462 e. The van der Waals surface area contributed by atoms with Gasteiger partial charge in [-0.1, -0.05) is 294 Å². The number of hydrogen-bond donors (Lipinski definition) is 0. The molecule has 0 aromatic rings. The molecular weight excluding hydrogens is 913 g/mol. The van der Waals surface area contributed by atoms with Crippen LogP contribution in [0.4, 0.5) is 0 Å². The van der Waals surface area contributed by atoms with Crippen LogP contribution in [0.25, 0.3) is 0 Å². The molecule has 1 unspecified atom stereocenters. The predicted octanol–water partition coefficient (Wildman–Crippen LogP) is 22.2. The van der Waals surface area contributed by atoms with Gasteiger partial charge in [0, 0.05) is 19.3 Å². The van der Waals surface area contributed by atoms with E-state index in [0.717, 1.165) is 77.0 Å². The molecule has 0 aliphatic heterocycles. The molecule has 1 atom stereocenters. The molecule has 0 aliphatic carbocycles. The molecule has 432 valence electrons. The molecule has 0 saturated heterocycles. The Morgan fingerprint density at radius 3 is 0.770 bits per heavy atom. The maximum Gasteiger partial charge on any atom is 0.306 e. The lowest BCUT2D eigenvalue weighted by Gasteiger charge is -2.18. The number of allylic oxidation sites excluding steroid dienone is 8. The third-order valence-electron chi connectivity index (χ3n) is 14.6. The van der Waals surface area contributed by atoms with Gasteiger partial charge in [-0.2, -0.15) is 0 Å². The van der Waals surface area contributed by atoms with Crippen LogP contribution in [0.3, 0.4) is 0 Å². The summed E-state index contributed by atoms with van der Waals surface area (Å²) < 4.78 is 16.9. The zero-order chi connectivity index (χ0) is 53.6. The molecule has 0 rings (SSSR count). The van der Waals surface area contributed by atoms with Crippen molar-refractivity contribution >= 4 is 17.9 Å². The number of carbonyl (C=O) groups is 3. The molecule has 0 amide bonds. The lowest BCUT2D eigenvalue weighted by atomic mass is 10.0. The summed E-state index contributed by atoms with van der Waals surface area (Å²) in [6.45, 7) is 6.66. The summed E-state index contributed by atoms with van der Waals surface area (Å²) in [7, 11) is 0. The van der Waals surface area contributed by atoms with Gasteiger partial charge in [0.2, 0.25) is 0 Å². The van der Waals surface area contributed by atoms with Crippen molar-refractivity contribution in [2.45, 2.75) is 354 Å². The molecule has 0 radical (unpaired) electrons. The van der Waals surface area contributed by atoms with Gasteiger partial charge in [0.1, 0.15) is 13.2 Å². The van der Waals surface area contributed by atoms with E-state index in [-0.39, 0.29) is 31.1 Å². The van der Waals surface area contributed by atoms with Crippen LogP contribution in [0.5, 0.6) is 0 Å². The lowest BCUT2D eigenvalue weighted by molar-refractivity contribution is -0.167. The van der Waals surface area contributed by atoms with Gasteiger partial charge >= 0.3 is 17.9 Å². The molecule has 6 heteroatoms. The van der Waals surface area contributed by atoms with Crippen molar-refractivity contribution in [3.05, 3.63) is 48.6 Å².